The van der Waals surface area contributed by atoms with E-state index in [0.717, 1.165) is 16.6 Å². The minimum absolute atomic E-state index is 0.0537. The van der Waals surface area contributed by atoms with Crippen LogP contribution in [0.2, 0.25) is 0 Å². The predicted molar refractivity (Wildman–Crippen MR) is 90.1 cm³/mol. The summed E-state index contributed by atoms with van der Waals surface area (Å²) in [6.07, 6.45) is 0.506. The van der Waals surface area contributed by atoms with Crippen molar-refractivity contribution in [3.8, 4) is 11.5 Å². The van der Waals surface area contributed by atoms with Crippen molar-refractivity contribution >= 4 is 27.3 Å². The summed E-state index contributed by atoms with van der Waals surface area (Å²) in [5.74, 6) is -1.11. The number of carbonyl (C=O) groups is 1. The molecule has 0 saturated carbocycles. The zero-order chi connectivity index (χ0) is 18.0. The van der Waals surface area contributed by atoms with Crippen molar-refractivity contribution in [2.24, 2.45) is 0 Å². The highest BCUT2D eigenvalue weighted by atomic mass is 32.2. The molecule has 25 heavy (non-hydrogen) atoms. The number of nitrogens with zero attached hydrogens (tertiary/aromatic N) is 1. The molecule has 0 atom stereocenters. The molecule has 1 aromatic heterocycles. The van der Waals surface area contributed by atoms with E-state index >= 15 is 0 Å². The van der Waals surface area contributed by atoms with Gasteiger partial charge >= 0.3 is 5.97 Å². The maximum Gasteiger partial charge on any atom is 0.339 e. The Hall–Kier alpha value is -2.17. The number of fused-ring (bicyclic) bond motifs is 1. The fourth-order valence-corrected chi connectivity index (χ4v) is 4.24. The summed E-state index contributed by atoms with van der Waals surface area (Å²) in [5.41, 5.74) is 2.34. The Balaban J connectivity index is 1.83. The van der Waals surface area contributed by atoms with E-state index in [1.807, 2.05) is 6.92 Å². The van der Waals surface area contributed by atoms with E-state index < -0.39 is 16.0 Å². The molecular weight excluding hydrogens is 368 g/mol. The smallest absolute Gasteiger partial charge is 0.339 e. The second kappa shape index (κ2) is 6.98. The first-order valence-electron chi connectivity index (χ1n) is 7.44. The Kier molecular flexibility index (Phi) is 4.93. The van der Waals surface area contributed by atoms with Gasteiger partial charge < -0.3 is 14.6 Å². The normalized spacial score (nSPS) is 13.6. The lowest BCUT2D eigenvalue weighted by Crippen LogP contribution is -2.27. The number of nitrogens with one attached hydrogen (secondary N) is 1. The van der Waals surface area contributed by atoms with Gasteiger partial charge in [0.1, 0.15) is 18.8 Å². The number of thiazole rings is 1. The number of ether oxygens (including phenoxy) is 2. The number of rotatable bonds is 6. The van der Waals surface area contributed by atoms with Gasteiger partial charge in [-0.25, -0.2) is 22.9 Å². The summed E-state index contributed by atoms with van der Waals surface area (Å²) in [4.78, 5) is 16.3. The van der Waals surface area contributed by atoms with E-state index in [-0.39, 0.29) is 41.7 Å². The third kappa shape index (κ3) is 3.75. The fraction of sp³-hybridized carbons (Fsp3) is 0.333. The van der Waals surface area contributed by atoms with Crippen molar-refractivity contribution in [1.29, 1.82) is 0 Å². The standard InChI is InChI=1S/C15H16N2O6S2/c1-9-13(24-8-16-9)2-3-17-25(20,21)10-6-11(15(18)19)14-12(7-10)22-4-5-23-14/h6-8,17H,2-5H2,1H3,(H,18,19). The number of benzene rings is 1. The van der Waals surface area contributed by atoms with Crippen LogP contribution in [0.3, 0.4) is 0 Å². The van der Waals surface area contributed by atoms with Crippen LogP contribution >= 0.6 is 11.3 Å². The van der Waals surface area contributed by atoms with Crippen molar-refractivity contribution < 1.29 is 27.8 Å². The molecule has 0 saturated heterocycles. The average Bonchev–Trinajstić information content (AvgIpc) is 2.98. The molecule has 1 aliphatic heterocycles. The summed E-state index contributed by atoms with van der Waals surface area (Å²) in [5, 5.41) is 9.31. The highest BCUT2D eigenvalue weighted by Crippen LogP contribution is 2.36. The number of hydrogen-bond acceptors (Lipinski definition) is 7. The molecule has 0 radical (unpaired) electrons. The van der Waals surface area contributed by atoms with Crippen LogP contribution in [0.1, 0.15) is 20.9 Å². The molecule has 1 aliphatic rings. The van der Waals surface area contributed by atoms with Crippen molar-refractivity contribution in [1.82, 2.24) is 9.71 Å². The van der Waals surface area contributed by atoms with Gasteiger partial charge in [-0.1, -0.05) is 0 Å². The van der Waals surface area contributed by atoms with E-state index in [1.54, 1.807) is 5.51 Å². The highest BCUT2D eigenvalue weighted by molar-refractivity contribution is 7.89. The Bertz CT molecular complexity index is 907. The molecule has 0 amide bonds. The monoisotopic (exact) mass is 384 g/mol. The van der Waals surface area contributed by atoms with E-state index in [4.69, 9.17) is 9.47 Å². The van der Waals surface area contributed by atoms with Gasteiger partial charge in [0.25, 0.3) is 0 Å². The Morgan fingerprint density at radius 2 is 2.12 bits per heavy atom. The summed E-state index contributed by atoms with van der Waals surface area (Å²) in [7, 11) is -3.88. The van der Waals surface area contributed by atoms with Gasteiger partial charge in [0.15, 0.2) is 11.5 Å². The van der Waals surface area contributed by atoms with Gasteiger partial charge in [-0.05, 0) is 19.4 Å². The lowest BCUT2D eigenvalue weighted by Gasteiger charge is -2.21. The lowest BCUT2D eigenvalue weighted by molar-refractivity contribution is 0.0685. The molecule has 134 valence electrons. The molecule has 0 unspecified atom stereocenters. The molecule has 0 spiro atoms. The number of sulfonamides is 1. The number of carboxylic acids is 1. The van der Waals surface area contributed by atoms with Crippen LogP contribution in [0.4, 0.5) is 0 Å². The SMILES string of the molecule is Cc1ncsc1CCNS(=O)(=O)c1cc2c(c(C(=O)O)c1)OCCO2. The number of carboxylic acid groups (broad SMARTS) is 1. The summed E-state index contributed by atoms with van der Waals surface area (Å²) >= 11 is 1.46. The number of hydrogen-bond donors (Lipinski definition) is 2. The molecule has 8 nitrogen and oxygen atoms in total. The molecule has 0 bridgehead atoms. The highest BCUT2D eigenvalue weighted by Gasteiger charge is 2.26. The number of aromatic carboxylic acids is 1. The van der Waals surface area contributed by atoms with E-state index in [9.17, 15) is 18.3 Å². The minimum Gasteiger partial charge on any atom is -0.486 e. The van der Waals surface area contributed by atoms with Crippen molar-refractivity contribution in [3.63, 3.8) is 0 Å². The zero-order valence-electron chi connectivity index (χ0n) is 13.3. The molecule has 2 N–H and O–H groups in total. The van der Waals surface area contributed by atoms with Crippen LogP contribution in [-0.4, -0.2) is 44.2 Å². The molecule has 0 aliphatic carbocycles. The molecule has 10 heteroatoms. The molecule has 1 aromatic carbocycles. The molecule has 0 fully saturated rings. The topological polar surface area (TPSA) is 115 Å². The van der Waals surface area contributed by atoms with Gasteiger partial charge in [-0.15, -0.1) is 11.3 Å². The Morgan fingerprint density at radius 1 is 1.36 bits per heavy atom. The maximum absolute atomic E-state index is 12.5. The molecular formula is C15H16N2O6S2. The first-order chi connectivity index (χ1) is 11.9. The average molecular weight is 384 g/mol. The molecule has 3 rings (SSSR count). The summed E-state index contributed by atoms with van der Waals surface area (Å²) in [6.45, 7) is 2.49. The van der Waals surface area contributed by atoms with Gasteiger partial charge in [0, 0.05) is 17.5 Å². The van der Waals surface area contributed by atoms with Crippen molar-refractivity contribution in [3.05, 3.63) is 33.8 Å². The van der Waals surface area contributed by atoms with Crippen LogP contribution < -0.4 is 14.2 Å². The van der Waals surface area contributed by atoms with Crippen LogP contribution in [0.15, 0.2) is 22.5 Å². The van der Waals surface area contributed by atoms with Gasteiger partial charge in [-0.2, -0.15) is 0 Å². The Morgan fingerprint density at radius 3 is 2.80 bits per heavy atom. The zero-order valence-corrected chi connectivity index (χ0v) is 14.9. The Labute approximate surface area is 148 Å². The second-order valence-electron chi connectivity index (χ2n) is 5.31. The molecule has 2 heterocycles. The molecule has 2 aromatic rings. The van der Waals surface area contributed by atoms with Crippen LogP contribution in [0.5, 0.6) is 11.5 Å². The van der Waals surface area contributed by atoms with E-state index in [1.165, 1.54) is 17.4 Å². The van der Waals surface area contributed by atoms with Crippen molar-refractivity contribution in [2.45, 2.75) is 18.2 Å². The van der Waals surface area contributed by atoms with Gasteiger partial charge in [0.05, 0.1) is 16.1 Å². The lowest BCUT2D eigenvalue weighted by atomic mass is 10.2. The fourth-order valence-electron chi connectivity index (χ4n) is 2.39. The number of aromatic nitrogens is 1. The number of aryl methyl sites for hydroxylation is 1. The van der Waals surface area contributed by atoms with E-state index in [0.29, 0.717) is 6.42 Å². The third-order valence-electron chi connectivity index (χ3n) is 3.65. The van der Waals surface area contributed by atoms with Crippen molar-refractivity contribution in [2.75, 3.05) is 19.8 Å². The first-order valence-corrected chi connectivity index (χ1v) is 9.80. The predicted octanol–water partition coefficient (Wildman–Crippen LogP) is 1.44. The van der Waals surface area contributed by atoms with Crippen LogP contribution in [0.25, 0.3) is 0 Å². The minimum atomic E-state index is -3.88. The van der Waals surface area contributed by atoms with Crippen LogP contribution in [-0.2, 0) is 16.4 Å². The van der Waals surface area contributed by atoms with Crippen LogP contribution in [0, 0.1) is 6.92 Å². The maximum atomic E-state index is 12.5. The van der Waals surface area contributed by atoms with E-state index in [2.05, 4.69) is 9.71 Å². The second-order valence-corrected chi connectivity index (χ2v) is 8.02. The van der Waals surface area contributed by atoms with Gasteiger partial charge in [0.2, 0.25) is 10.0 Å². The first kappa shape index (κ1) is 17.6. The van der Waals surface area contributed by atoms with Gasteiger partial charge in [-0.3, -0.25) is 0 Å². The summed E-state index contributed by atoms with van der Waals surface area (Å²) in [6, 6.07) is 2.36. The summed E-state index contributed by atoms with van der Waals surface area (Å²) < 4.78 is 38.1. The third-order valence-corrected chi connectivity index (χ3v) is 6.08. The largest absolute Gasteiger partial charge is 0.486 e. The quantitative estimate of drug-likeness (QED) is 0.774.